The van der Waals surface area contributed by atoms with Crippen LogP contribution < -0.4 is 5.73 Å². The van der Waals surface area contributed by atoms with Gasteiger partial charge < -0.3 is 15.9 Å². The number of allylic oxidation sites excluding steroid dienone is 2. The number of fused-ring (bicyclic) bond motifs is 1. The molecule has 0 aliphatic heterocycles. The molecule has 0 aromatic carbocycles. The van der Waals surface area contributed by atoms with Gasteiger partial charge in [-0.3, -0.25) is 0 Å². The molecular formula is C21H35NO2. The van der Waals surface area contributed by atoms with Crippen LogP contribution in [0.1, 0.15) is 64.2 Å². The molecule has 5 atom stereocenters. The lowest BCUT2D eigenvalue weighted by molar-refractivity contribution is 0.135. The van der Waals surface area contributed by atoms with Crippen molar-refractivity contribution in [2.24, 2.45) is 29.4 Å². The zero-order chi connectivity index (χ0) is 16.9. The summed E-state index contributed by atoms with van der Waals surface area (Å²) >= 11 is 0. The molecule has 136 valence electrons. The van der Waals surface area contributed by atoms with Gasteiger partial charge in [0.1, 0.15) is 0 Å². The number of aliphatic hydroxyl groups is 2. The molecule has 24 heavy (non-hydrogen) atoms. The lowest BCUT2D eigenvalue weighted by Gasteiger charge is -2.20. The highest BCUT2D eigenvalue weighted by atomic mass is 16.3. The van der Waals surface area contributed by atoms with Crippen LogP contribution in [-0.4, -0.2) is 29.0 Å². The van der Waals surface area contributed by atoms with Crippen LogP contribution in [0.2, 0.25) is 0 Å². The predicted octanol–water partition coefficient (Wildman–Crippen LogP) is 3.56. The van der Waals surface area contributed by atoms with E-state index in [0.29, 0.717) is 17.8 Å². The zero-order valence-electron chi connectivity index (χ0n) is 14.9. The standard InChI is InChI=1S/C21H35NO2/c22-11-5-1-2-6-15-12-17-14-21(24)18(19(17)13-15)9-10-20(23)16-7-3-4-8-16/h9-10,12,16-21,23-24H,1-8,11,13-14,22H2/t17-,18+,19-,20+,21+/m0/s1. The van der Waals surface area contributed by atoms with Gasteiger partial charge in [0, 0.05) is 5.92 Å². The first-order chi connectivity index (χ1) is 11.7. The number of hydrogen-bond acceptors (Lipinski definition) is 3. The molecule has 3 rings (SSSR count). The highest BCUT2D eigenvalue weighted by Gasteiger charge is 2.43. The van der Waals surface area contributed by atoms with Crippen molar-refractivity contribution in [2.45, 2.75) is 76.4 Å². The average Bonchev–Trinajstić information content (AvgIpc) is 3.26. The Morgan fingerprint density at radius 1 is 1.21 bits per heavy atom. The third-order valence-electron chi connectivity index (χ3n) is 6.57. The highest BCUT2D eigenvalue weighted by Crippen LogP contribution is 2.48. The molecule has 0 heterocycles. The second-order valence-corrected chi connectivity index (χ2v) is 8.26. The molecule has 3 nitrogen and oxygen atoms in total. The summed E-state index contributed by atoms with van der Waals surface area (Å²) in [7, 11) is 0. The van der Waals surface area contributed by atoms with Crippen LogP contribution in [0.25, 0.3) is 0 Å². The van der Waals surface area contributed by atoms with Crippen molar-refractivity contribution in [1.82, 2.24) is 0 Å². The molecule has 0 amide bonds. The Morgan fingerprint density at radius 3 is 2.75 bits per heavy atom. The summed E-state index contributed by atoms with van der Waals surface area (Å²) in [6, 6.07) is 0. The molecule has 0 aromatic heterocycles. The Morgan fingerprint density at radius 2 is 2.00 bits per heavy atom. The fraction of sp³-hybridized carbons (Fsp3) is 0.810. The number of rotatable bonds is 8. The van der Waals surface area contributed by atoms with Crippen molar-refractivity contribution >= 4 is 0 Å². The molecule has 0 aromatic rings. The summed E-state index contributed by atoms with van der Waals surface area (Å²) in [5.41, 5.74) is 7.15. The fourth-order valence-corrected chi connectivity index (χ4v) is 5.16. The second kappa shape index (κ2) is 8.64. The molecular weight excluding hydrogens is 298 g/mol. The van der Waals surface area contributed by atoms with Gasteiger partial charge in [0.25, 0.3) is 0 Å². The van der Waals surface area contributed by atoms with Crippen LogP contribution in [-0.2, 0) is 0 Å². The Kier molecular flexibility index (Phi) is 6.54. The normalized spacial score (nSPS) is 34.9. The largest absolute Gasteiger partial charge is 0.392 e. The third kappa shape index (κ3) is 4.30. The summed E-state index contributed by atoms with van der Waals surface area (Å²) in [5.74, 6) is 1.76. The third-order valence-corrected chi connectivity index (χ3v) is 6.57. The summed E-state index contributed by atoms with van der Waals surface area (Å²) in [4.78, 5) is 0. The summed E-state index contributed by atoms with van der Waals surface area (Å²) in [6.07, 6.45) is 17.7. The Labute approximate surface area is 147 Å². The van der Waals surface area contributed by atoms with Crippen LogP contribution in [0, 0.1) is 23.7 Å². The molecule has 0 radical (unpaired) electrons. The van der Waals surface area contributed by atoms with Crippen molar-refractivity contribution < 1.29 is 10.2 Å². The zero-order valence-corrected chi connectivity index (χ0v) is 14.9. The van der Waals surface area contributed by atoms with Gasteiger partial charge in [-0.15, -0.1) is 0 Å². The number of aliphatic hydroxyl groups excluding tert-OH is 2. The highest BCUT2D eigenvalue weighted by molar-refractivity contribution is 5.21. The van der Waals surface area contributed by atoms with Crippen molar-refractivity contribution in [3.8, 4) is 0 Å². The number of unbranched alkanes of at least 4 members (excludes halogenated alkanes) is 2. The molecule has 3 aliphatic rings. The summed E-state index contributed by atoms with van der Waals surface area (Å²) in [5, 5.41) is 20.8. The number of hydrogen-bond donors (Lipinski definition) is 3. The maximum atomic E-state index is 10.4. The van der Waals surface area contributed by atoms with Gasteiger partial charge in [-0.05, 0) is 69.2 Å². The van der Waals surface area contributed by atoms with E-state index in [-0.39, 0.29) is 18.1 Å². The molecule has 2 saturated carbocycles. The topological polar surface area (TPSA) is 66.5 Å². The van der Waals surface area contributed by atoms with Crippen LogP contribution in [0.4, 0.5) is 0 Å². The first-order valence-electron chi connectivity index (χ1n) is 10.1. The minimum atomic E-state index is -0.316. The van der Waals surface area contributed by atoms with E-state index in [1.165, 1.54) is 32.1 Å². The monoisotopic (exact) mass is 333 g/mol. The average molecular weight is 334 g/mol. The minimum Gasteiger partial charge on any atom is -0.392 e. The molecule has 4 N–H and O–H groups in total. The molecule has 0 spiro atoms. The van der Waals surface area contributed by atoms with Gasteiger partial charge in [-0.2, -0.15) is 0 Å². The van der Waals surface area contributed by atoms with Crippen LogP contribution in [0.15, 0.2) is 23.8 Å². The maximum Gasteiger partial charge on any atom is 0.0749 e. The van der Waals surface area contributed by atoms with E-state index in [4.69, 9.17) is 5.73 Å². The van der Waals surface area contributed by atoms with E-state index in [1.807, 2.05) is 6.08 Å². The van der Waals surface area contributed by atoms with Gasteiger partial charge in [-0.25, -0.2) is 0 Å². The van der Waals surface area contributed by atoms with E-state index < -0.39 is 0 Å². The first kappa shape index (κ1) is 18.2. The molecule has 2 fully saturated rings. The molecule has 0 unspecified atom stereocenters. The summed E-state index contributed by atoms with van der Waals surface area (Å²) < 4.78 is 0. The Bertz CT molecular complexity index is 453. The van der Waals surface area contributed by atoms with Crippen molar-refractivity contribution in [1.29, 1.82) is 0 Å². The van der Waals surface area contributed by atoms with Crippen molar-refractivity contribution in [2.75, 3.05) is 6.54 Å². The first-order valence-corrected chi connectivity index (χ1v) is 10.1. The molecule has 0 bridgehead atoms. The van der Waals surface area contributed by atoms with E-state index in [1.54, 1.807) is 5.57 Å². The van der Waals surface area contributed by atoms with Crippen LogP contribution >= 0.6 is 0 Å². The van der Waals surface area contributed by atoms with E-state index in [9.17, 15) is 10.2 Å². The Balaban J connectivity index is 1.51. The van der Waals surface area contributed by atoms with Gasteiger partial charge in [0.15, 0.2) is 0 Å². The van der Waals surface area contributed by atoms with E-state index in [0.717, 1.165) is 38.6 Å². The predicted molar refractivity (Wildman–Crippen MR) is 98.4 cm³/mol. The van der Waals surface area contributed by atoms with Crippen LogP contribution in [0.3, 0.4) is 0 Å². The van der Waals surface area contributed by atoms with Gasteiger partial charge in [-0.1, -0.05) is 43.1 Å². The molecule has 0 saturated heterocycles. The SMILES string of the molecule is NCCCCCC1=C[C@H]2C[C@@H](O)[C@H](C=C[C@@H](O)C3CCCC3)[C@H]2C1. The van der Waals surface area contributed by atoms with Crippen molar-refractivity contribution in [3.05, 3.63) is 23.8 Å². The molecule has 3 heteroatoms. The lowest BCUT2D eigenvalue weighted by Crippen LogP contribution is -2.19. The quantitative estimate of drug-likeness (QED) is 0.470. The fourth-order valence-electron chi connectivity index (χ4n) is 5.16. The van der Waals surface area contributed by atoms with Crippen molar-refractivity contribution in [3.63, 3.8) is 0 Å². The van der Waals surface area contributed by atoms with Gasteiger partial charge >= 0.3 is 0 Å². The lowest BCUT2D eigenvalue weighted by atomic mass is 9.88. The van der Waals surface area contributed by atoms with E-state index >= 15 is 0 Å². The van der Waals surface area contributed by atoms with Crippen LogP contribution in [0.5, 0.6) is 0 Å². The minimum absolute atomic E-state index is 0.226. The second-order valence-electron chi connectivity index (χ2n) is 8.26. The van der Waals surface area contributed by atoms with Gasteiger partial charge in [0.2, 0.25) is 0 Å². The Hall–Kier alpha value is -0.640. The maximum absolute atomic E-state index is 10.4. The molecule has 3 aliphatic carbocycles. The number of nitrogens with two attached hydrogens (primary N) is 1. The van der Waals surface area contributed by atoms with Gasteiger partial charge in [0.05, 0.1) is 12.2 Å². The summed E-state index contributed by atoms with van der Waals surface area (Å²) in [6.45, 7) is 0.798. The van der Waals surface area contributed by atoms with E-state index in [2.05, 4.69) is 12.2 Å². The smallest absolute Gasteiger partial charge is 0.0749 e.